The van der Waals surface area contributed by atoms with Crippen LogP contribution in [0, 0.1) is 0 Å². The molecule has 1 unspecified atom stereocenters. The minimum Gasteiger partial charge on any atom is -0.309 e. The van der Waals surface area contributed by atoms with Crippen molar-refractivity contribution in [2.45, 2.75) is 38.0 Å². The first-order valence-corrected chi connectivity index (χ1v) is 19.6. The van der Waals surface area contributed by atoms with Gasteiger partial charge >= 0.3 is 0 Å². The van der Waals surface area contributed by atoms with Gasteiger partial charge in [-0.05, 0) is 116 Å². The van der Waals surface area contributed by atoms with Crippen molar-refractivity contribution >= 4 is 21.8 Å². The Hall–Kier alpha value is -6.44. The van der Waals surface area contributed by atoms with Crippen molar-refractivity contribution in [1.29, 1.82) is 0 Å². The Morgan fingerprint density at radius 3 is 1.80 bits per heavy atom. The van der Waals surface area contributed by atoms with E-state index in [1.54, 1.807) is 0 Å². The van der Waals surface area contributed by atoms with E-state index in [4.69, 9.17) is 0 Å². The summed E-state index contributed by atoms with van der Waals surface area (Å²) < 4.78 is 2.45. The van der Waals surface area contributed by atoms with E-state index in [1.165, 1.54) is 88.7 Å². The zero-order chi connectivity index (χ0) is 36.9. The van der Waals surface area contributed by atoms with Gasteiger partial charge in [-0.15, -0.1) is 0 Å². The van der Waals surface area contributed by atoms with Crippen LogP contribution in [-0.2, 0) is 18.3 Å². The summed E-state index contributed by atoms with van der Waals surface area (Å²) in [6, 6.07) is 71.9. The largest absolute Gasteiger partial charge is 0.309 e. The number of aromatic nitrogens is 1. The minimum absolute atomic E-state index is 0.00919. The van der Waals surface area contributed by atoms with Crippen LogP contribution in [0.25, 0.3) is 60.9 Å². The van der Waals surface area contributed by atoms with Gasteiger partial charge in [0.2, 0.25) is 0 Å². The Labute approximate surface area is 324 Å². The van der Waals surface area contributed by atoms with Crippen LogP contribution in [0.15, 0.2) is 194 Å². The van der Waals surface area contributed by atoms with E-state index < -0.39 is 0 Å². The molecule has 1 nitrogen and oxygen atoms in total. The van der Waals surface area contributed by atoms with Crippen molar-refractivity contribution in [2.75, 3.05) is 0 Å². The molecule has 9 aromatic rings. The standard InChI is InChI=1S/C54H43N/c1-54(2)50-22-11-9-20-46(50)47-30-28-43(36-51(47)54)41-26-24-40(25-27-41)42-29-31-53-49(35-42)48-21-10-12-23-52(48)55(53)45-19-13-16-38(34-45)33-44(39-17-7-4-8-18-39)32-37-14-5-3-6-15-37/h3-31,34-36,44H,32-33H2,1-2H3. The number of hydrogen-bond donors (Lipinski definition) is 0. The lowest BCUT2D eigenvalue weighted by Gasteiger charge is -2.22. The topological polar surface area (TPSA) is 4.93 Å². The summed E-state index contributed by atoms with van der Waals surface area (Å²) in [5, 5.41) is 2.55. The van der Waals surface area contributed by atoms with Crippen LogP contribution < -0.4 is 0 Å². The first-order chi connectivity index (χ1) is 27.0. The van der Waals surface area contributed by atoms with Crippen molar-refractivity contribution in [2.24, 2.45) is 0 Å². The maximum atomic E-state index is 2.45. The van der Waals surface area contributed by atoms with Gasteiger partial charge in [0.15, 0.2) is 0 Å². The third-order valence-corrected chi connectivity index (χ3v) is 12.1. The molecule has 0 bridgehead atoms. The van der Waals surface area contributed by atoms with E-state index >= 15 is 0 Å². The fraction of sp³-hybridized carbons (Fsp3) is 0.111. The van der Waals surface area contributed by atoms with E-state index in [1.807, 2.05) is 0 Å². The van der Waals surface area contributed by atoms with Crippen LogP contribution in [-0.4, -0.2) is 4.57 Å². The molecular formula is C54H43N. The molecule has 55 heavy (non-hydrogen) atoms. The zero-order valence-corrected chi connectivity index (χ0v) is 31.4. The summed E-state index contributed by atoms with van der Waals surface area (Å²) in [6.07, 6.45) is 1.98. The average Bonchev–Trinajstić information content (AvgIpc) is 3.69. The summed E-state index contributed by atoms with van der Waals surface area (Å²) >= 11 is 0. The van der Waals surface area contributed by atoms with Gasteiger partial charge in [0, 0.05) is 21.9 Å². The highest BCUT2D eigenvalue weighted by molar-refractivity contribution is 6.10. The third-order valence-electron chi connectivity index (χ3n) is 12.1. The SMILES string of the molecule is CC1(C)c2ccccc2-c2ccc(-c3ccc(-c4ccc5c(c4)c4ccccc4n5-c4cccc(CC(Cc5ccccc5)c5ccccc5)c4)cc3)cc21. The molecule has 0 radical (unpaired) electrons. The molecule has 8 aromatic carbocycles. The summed E-state index contributed by atoms with van der Waals surface area (Å²) in [5.74, 6) is 0.387. The molecule has 0 N–H and O–H groups in total. The van der Waals surface area contributed by atoms with E-state index in [2.05, 4.69) is 213 Å². The molecule has 1 atom stereocenters. The maximum absolute atomic E-state index is 2.45. The predicted molar refractivity (Wildman–Crippen MR) is 232 cm³/mol. The highest BCUT2D eigenvalue weighted by atomic mass is 15.0. The first-order valence-electron chi connectivity index (χ1n) is 19.6. The smallest absolute Gasteiger partial charge is 0.0541 e. The molecule has 0 spiro atoms. The van der Waals surface area contributed by atoms with Crippen molar-refractivity contribution < 1.29 is 0 Å². The lowest BCUT2D eigenvalue weighted by Crippen LogP contribution is -2.14. The molecule has 0 amide bonds. The number of nitrogens with zero attached hydrogens (tertiary/aromatic N) is 1. The molecule has 0 fully saturated rings. The van der Waals surface area contributed by atoms with Crippen LogP contribution in [0.4, 0.5) is 0 Å². The van der Waals surface area contributed by atoms with Crippen molar-refractivity contribution in [3.63, 3.8) is 0 Å². The Kier molecular flexibility index (Phi) is 8.11. The van der Waals surface area contributed by atoms with Gasteiger partial charge in [-0.25, -0.2) is 0 Å². The third kappa shape index (κ3) is 5.88. The van der Waals surface area contributed by atoms with Crippen molar-refractivity contribution in [3.8, 4) is 39.1 Å². The number of hydrogen-bond acceptors (Lipinski definition) is 0. The second-order valence-electron chi connectivity index (χ2n) is 15.8. The van der Waals surface area contributed by atoms with Crippen LogP contribution in [0.1, 0.15) is 47.6 Å². The van der Waals surface area contributed by atoms with Crippen LogP contribution in [0.5, 0.6) is 0 Å². The molecule has 1 aromatic heterocycles. The molecule has 0 saturated heterocycles. The van der Waals surface area contributed by atoms with Crippen LogP contribution in [0.2, 0.25) is 0 Å². The normalized spacial score (nSPS) is 13.5. The van der Waals surface area contributed by atoms with Crippen molar-refractivity contribution in [1.82, 2.24) is 4.57 Å². The fourth-order valence-electron chi connectivity index (χ4n) is 9.21. The Morgan fingerprint density at radius 1 is 0.418 bits per heavy atom. The molecule has 1 heteroatoms. The molecule has 0 saturated carbocycles. The first kappa shape index (κ1) is 33.2. The Bertz CT molecular complexity index is 2820. The van der Waals surface area contributed by atoms with E-state index in [0.29, 0.717) is 5.92 Å². The van der Waals surface area contributed by atoms with E-state index in [-0.39, 0.29) is 5.41 Å². The van der Waals surface area contributed by atoms with Gasteiger partial charge in [-0.3, -0.25) is 0 Å². The summed E-state index contributed by atoms with van der Waals surface area (Å²) in [5.41, 5.74) is 18.3. The highest BCUT2D eigenvalue weighted by Crippen LogP contribution is 2.49. The Balaban J connectivity index is 0.976. The fourth-order valence-corrected chi connectivity index (χ4v) is 9.21. The van der Waals surface area contributed by atoms with Crippen LogP contribution in [0.3, 0.4) is 0 Å². The number of benzene rings is 8. The van der Waals surface area contributed by atoms with Gasteiger partial charge in [0.1, 0.15) is 0 Å². The summed E-state index contributed by atoms with van der Waals surface area (Å²) in [6.45, 7) is 4.70. The van der Waals surface area contributed by atoms with Gasteiger partial charge < -0.3 is 4.57 Å². The lowest BCUT2D eigenvalue weighted by molar-refractivity contribution is 0.660. The Morgan fingerprint density at radius 2 is 1.00 bits per heavy atom. The summed E-state index contributed by atoms with van der Waals surface area (Å²) in [4.78, 5) is 0. The number of fused-ring (bicyclic) bond motifs is 6. The maximum Gasteiger partial charge on any atom is 0.0541 e. The van der Waals surface area contributed by atoms with Crippen molar-refractivity contribution in [3.05, 3.63) is 222 Å². The molecule has 10 rings (SSSR count). The quantitative estimate of drug-likeness (QED) is 0.148. The van der Waals surface area contributed by atoms with Gasteiger partial charge in [-0.2, -0.15) is 0 Å². The molecule has 1 aliphatic carbocycles. The molecule has 0 aliphatic heterocycles. The van der Waals surface area contributed by atoms with Gasteiger partial charge in [0.25, 0.3) is 0 Å². The molecule has 1 aliphatic rings. The molecule has 1 heterocycles. The average molecular weight is 706 g/mol. The summed E-state index contributed by atoms with van der Waals surface area (Å²) in [7, 11) is 0. The zero-order valence-electron chi connectivity index (χ0n) is 31.4. The predicted octanol–water partition coefficient (Wildman–Crippen LogP) is 14.0. The lowest BCUT2D eigenvalue weighted by atomic mass is 9.81. The van der Waals surface area contributed by atoms with Gasteiger partial charge in [-0.1, -0.05) is 172 Å². The monoisotopic (exact) mass is 705 g/mol. The van der Waals surface area contributed by atoms with E-state index in [9.17, 15) is 0 Å². The number of para-hydroxylation sites is 1. The second-order valence-corrected chi connectivity index (χ2v) is 15.8. The highest BCUT2D eigenvalue weighted by Gasteiger charge is 2.35. The molecular weight excluding hydrogens is 663 g/mol. The molecule has 264 valence electrons. The second kappa shape index (κ2) is 13.4. The van der Waals surface area contributed by atoms with E-state index in [0.717, 1.165) is 12.8 Å². The number of rotatable bonds is 8. The van der Waals surface area contributed by atoms with Gasteiger partial charge in [0.05, 0.1) is 11.0 Å². The van der Waals surface area contributed by atoms with Crippen LogP contribution >= 0.6 is 0 Å². The minimum atomic E-state index is -0.00919.